The van der Waals surface area contributed by atoms with Crippen molar-refractivity contribution in [2.75, 3.05) is 17.7 Å². The first-order chi connectivity index (χ1) is 13.1. The number of carbonyl (C=O) groups is 2. The van der Waals surface area contributed by atoms with E-state index in [2.05, 4.69) is 25.9 Å². The number of amides is 2. The standard InChI is InChI=1S/C20H19N5O2/c1-13-7-8-15(18(26)21-2)12-17(13)25-19(27)14-5-3-6-16(11-14)24-20-22-9-4-10-23-20/h3-12H,1-2H3,(H,21,26)(H,25,27)(H,22,23,24). The minimum absolute atomic E-state index is 0.209. The summed E-state index contributed by atoms with van der Waals surface area (Å²) in [6, 6.07) is 13.9. The van der Waals surface area contributed by atoms with Gasteiger partial charge in [0.15, 0.2) is 0 Å². The molecule has 0 saturated heterocycles. The Kier molecular flexibility index (Phi) is 5.41. The molecule has 0 fully saturated rings. The third kappa shape index (κ3) is 4.46. The van der Waals surface area contributed by atoms with E-state index in [0.29, 0.717) is 28.5 Å². The van der Waals surface area contributed by atoms with Crippen LogP contribution in [0.2, 0.25) is 0 Å². The second-order valence-corrected chi connectivity index (χ2v) is 5.84. The number of hydrogen-bond acceptors (Lipinski definition) is 5. The lowest BCUT2D eigenvalue weighted by Gasteiger charge is -2.11. The molecule has 1 aromatic heterocycles. The molecule has 0 spiro atoms. The third-order valence-electron chi connectivity index (χ3n) is 3.92. The lowest BCUT2D eigenvalue weighted by Crippen LogP contribution is -2.19. The van der Waals surface area contributed by atoms with Gasteiger partial charge in [-0.3, -0.25) is 9.59 Å². The predicted molar refractivity (Wildman–Crippen MR) is 104 cm³/mol. The lowest BCUT2D eigenvalue weighted by molar-refractivity contribution is 0.0961. The van der Waals surface area contributed by atoms with Gasteiger partial charge >= 0.3 is 0 Å². The van der Waals surface area contributed by atoms with Crippen LogP contribution in [0.4, 0.5) is 17.3 Å². The molecule has 3 rings (SSSR count). The second kappa shape index (κ2) is 8.09. The minimum Gasteiger partial charge on any atom is -0.355 e. The Labute approximate surface area is 156 Å². The molecular formula is C20H19N5O2. The van der Waals surface area contributed by atoms with E-state index in [0.717, 1.165) is 5.56 Å². The number of anilines is 3. The van der Waals surface area contributed by atoms with E-state index in [-0.39, 0.29) is 11.8 Å². The molecule has 136 valence electrons. The SMILES string of the molecule is CNC(=O)c1ccc(C)c(NC(=O)c2cccc(Nc3ncccn3)c2)c1. The van der Waals surface area contributed by atoms with Crippen LogP contribution in [0.5, 0.6) is 0 Å². The fourth-order valence-electron chi connectivity index (χ4n) is 2.47. The van der Waals surface area contributed by atoms with Crippen LogP contribution in [0.3, 0.4) is 0 Å². The van der Waals surface area contributed by atoms with E-state index in [1.165, 1.54) is 0 Å². The number of rotatable bonds is 5. The predicted octanol–water partition coefficient (Wildman–Crippen LogP) is 3.14. The molecule has 0 aliphatic carbocycles. The number of nitrogens with one attached hydrogen (secondary N) is 3. The van der Waals surface area contributed by atoms with Gasteiger partial charge in [-0.15, -0.1) is 0 Å². The topological polar surface area (TPSA) is 96.0 Å². The van der Waals surface area contributed by atoms with Gasteiger partial charge in [0.05, 0.1) is 0 Å². The normalized spacial score (nSPS) is 10.1. The first kappa shape index (κ1) is 18.1. The molecule has 0 radical (unpaired) electrons. The molecule has 3 aromatic rings. The summed E-state index contributed by atoms with van der Waals surface area (Å²) in [5.74, 6) is -0.0338. The number of carbonyl (C=O) groups excluding carboxylic acids is 2. The number of aromatic nitrogens is 2. The molecule has 27 heavy (non-hydrogen) atoms. The summed E-state index contributed by atoms with van der Waals surface area (Å²) in [5.41, 5.74) is 3.11. The maximum atomic E-state index is 12.7. The molecule has 0 unspecified atom stereocenters. The fourth-order valence-corrected chi connectivity index (χ4v) is 2.47. The zero-order valence-electron chi connectivity index (χ0n) is 15.0. The minimum atomic E-state index is -0.273. The van der Waals surface area contributed by atoms with Gasteiger partial charge in [-0.1, -0.05) is 12.1 Å². The largest absolute Gasteiger partial charge is 0.355 e. The van der Waals surface area contributed by atoms with Crippen LogP contribution in [0.25, 0.3) is 0 Å². The van der Waals surface area contributed by atoms with Crippen molar-refractivity contribution in [3.8, 4) is 0 Å². The van der Waals surface area contributed by atoms with E-state index in [9.17, 15) is 9.59 Å². The Hall–Kier alpha value is -3.74. The van der Waals surface area contributed by atoms with Crippen LogP contribution >= 0.6 is 0 Å². The van der Waals surface area contributed by atoms with Crippen molar-refractivity contribution in [1.29, 1.82) is 0 Å². The maximum absolute atomic E-state index is 12.7. The highest BCUT2D eigenvalue weighted by molar-refractivity contribution is 6.06. The summed E-state index contributed by atoms with van der Waals surface area (Å²) in [4.78, 5) is 32.7. The van der Waals surface area contributed by atoms with Crippen molar-refractivity contribution < 1.29 is 9.59 Å². The molecule has 0 atom stereocenters. The zero-order chi connectivity index (χ0) is 19.2. The van der Waals surface area contributed by atoms with Crippen LogP contribution in [-0.2, 0) is 0 Å². The van der Waals surface area contributed by atoms with E-state index in [1.54, 1.807) is 61.9 Å². The zero-order valence-corrected chi connectivity index (χ0v) is 15.0. The monoisotopic (exact) mass is 361 g/mol. The Morgan fingerprint density at radius 2 is 1.63 bits per heavy atom. The highest BCUT2D eigenvalue weighted by atomic mass is 16.2. The average molecular weight is 361 g/mol. The van der Waals surface area contributed by atoms with E-state index >= 15 is 0 Å². The Morgan fingerprint density at radius 1 is 0.889 bits per heavy atom. The summed E-state index contributed by atoms with van der Waals surface area (Å²) in [6.45, 7) is 1.87. The van der Waals surface area contributed by atoms with Crippen LogP contribution in [0, 0.1) is 6.92 Å². The molecule has 0 aliphatic rings. The Balaban J connectivity index is 1.79. The van der Waals surface area contributed by atoms with Gasteiger partial charge < -0.3 is 16.0 Å². The number of aryl methyl sites for hydroxylation is 1. The van der Waals surface area contributed by atoms with Gasteiger partial charge in [-0.05, 0) is 48.9 Å². The quantitative estimate of drug-likeness (QED) is 0.649. The molecule has 0 aliphatic heterocycles. The third-order valence-corrected chi connectivity index (χ3v) is 3.92. The summed E-state index contributed by atoms with van der Waals surface area (Å²) in [6.07, 6.45) is 3.27. The van der Waals surface area contributed by atoms with Crippen molar-refractivity contribution in [3.05, 3.63) is 77.6 Å². The van der Waals surface area contributed by atoms with Crippen molar-refractivity contribution >= 4 is 29.1 Å². The number of benzene rings is 2. The van der Waals surface area contributed by atoms with Crippen LogP contribution in [-0.4, -0.2) is 28.8 Å². The van der Waals surface area contributed by atoms with Crippen molar-refractivity contribution in [3.63, 3.8) is 0 Å². The number of hydrogen-bond donors (Lipinski definition) is 3. The summed E-state index contributed by atoms with van der Waals surface area (Å²) in [7, 11) is 1.56. The van der Waals surface area contributed by atoms with Gasteiger partial charge in [0.25, 0.3) is 11.8 Å². The molecule has 0 saturated carbocycles. The van der Waals surface area contributed by atoms with Gasteiger partial charge in [-0.25, -0.2) is 9.97 Å². The van der Waals surface area contributed by atoms with E-state index in [4.69, 9.17) is 0 Å². The van der Waals surface area contributed by atoms with Crippen molar-refractivity contribution in [2.24, 2.45) is 0 Å². The molecule has 1 heterocycles. The average Bonchev–Trinajstić information content (AvgIpc) is 2.70. The summed E-state index contributed by atoms with van der Waals surface area (Å²) in [5, 5.41) is 8.48. The van der Waals surface area contributed by atoms with Gasteiger partial charge in [-0.2, -0.15) is 0 Å². The van der Waals surface area contributed by atoms with E-state index in [1.807, 2.05) is 13.0 Å². The maximum Gasteiger partial charge on any atom is 0.255 e. The second-order valence-electron chi connectivity index (χ2n) is 5.84. The molecule has 2 amide bonds. The molecule has 3 N–H and O–H groups in total. The highest BCUT2D eigenvalue weighted by Gasteiger charge is 2.11. The Morgan fingerprint density at radius 3 is 2.37 bits per heavy atom. The summed E-state index contributed by atoms with van der Waals surface area (Å²) < 4.78 is 0. The molecule has 7 nitrogen and oxygen atoms in total. The summed E-state index contributed by atoms with van der Waals surface area (Å²) >= 11 is 0. The van der Waals surface area contributed by atoms with Gasteiger partial charge in [0.2, 0.25) is 5.95 Å². The smallest absolute Gasteiger partial charge is 0.255 e. The molecular weight excluding hydrogens is 342 g/mol. The Bertz CT molecular complexity index is 973. The van der Waals surface area contributed by atoms with Crippen LogP contribution in [0.15, 0.2) is 60.9 Å². The van der Waals surface area contributed by atoms with Gasteiger partial charge in [0, 0.05) is 41.9 Å². The first-order valence-corrected chi connectivity index (χ1v) is 8.35. The molecule has 2 aromatic carbocycles. The van der Waals surface area contributed by atoms with E-state index < -0.39 is 0 Å². The van der Waals surface area contributed by atoms with Crippen molar-refractivity contribution in [2.45, 2.75) is 6.92 Å². The lowest BCUT2D eigenvalue weighted by atomic mass is 10.1. The molecule has 0 bridgehead atoms. The van der Waals surface area contributed by atoms with Crippen LogP contribution < -0.4 is 16.0 Å². The number of nitrogens with zero attached hydrogens (tertiary/aromatic N) is 2. The highest BCUT2D eigenvalue weighted by Crippen LogP contribution is 2.20. The molecule has 7 heteroatoms. The van der Waals surface area contributed by atoms with Gasteiger partial charge in [0.1, 0.15) is 0 Å². The van der Waals surface area contributed by atoms with Crippen LogP contribution in [0.1, 0.15) is 26.3 Å². The fraction of sp³-hybridized carbons (Fsp3) is 0.100. The van der Waals surface area contributed by atoms with Crippen molar-refractivity contribution in [1.82, 2.24) is 15.3 Å². The first-order valence-electron chi connectivity index (χ1n) is 8.35.